The van der Waals surface area contributed by atoms with Crippen LogP contribution in [0.4, 0.5) is 0 Å². The molecule has 5 heteroatoms. The number of ether oxygens (including phenoxy) is 2. The van der Waals surface area contributed by atoms with Gasteiger partial charge in [0.2, 0.25) is 0 Å². The highest BCUT2D eigenvalue weighted by Crippen LogP contribution is 2.32. The molecular formula is C16H14N2O3. The monoisotopic (exact) mass is 282 g/mol. The lowest BCUT2D eigenvalue weighted by Crippen LogP contribution is -2.12. The number of nitrogens with zero attached hydrogens (tertiary/aromatic N) is 1. The molecule has 5 nitrogen and oxygen atoms in total. The molecule has 21 heavy (non-hydrogen) atoms. The van der Waals surface area contributed by atoms with Crippen LogP contribution in [0.5, 0.6) is 11.5 Å². The van der Waals surface area contributed by atoms with Gasteiger partial charge in [-0.05, 0) is 35.0 Å². The fourth-order valence-electron chi connectivity index (χ4n) is 2.06. The van der Waals surface area contributed by atoms with Crippen LogP contribution in [0.25, 0.3) is 16.8 Å². The molecule has 1 amide bonds. The minimum atomic E-state index is -0.778. The molecule has 0 radical (unpaired) electrons. The number of primary amides is 1. The Balaban J connectivity index is 2.80. The standard InChI is InChI=1S/C16H14N2O3/c1-20-12-5-3-10-4-6-15(21-2)14(13(10)8-12)7-11(9-17)16(18)19/h3-8H,1-2H3,(H2,18,19). The highest BCUT2D eigenvalue weighted by Gasteiger charge is 2.11. The molecule has 0 aliphatic rings. The van der Waals surface area contributed by atoms with Crippen LogP contribution >= 0.6 is 0 Å². The highest BCUT2D eigenvalue weighted by molar-refractivity contribution is 6.04. The van der Waals surface area contributed by atoms with Crippen molar-refractivity contribution in [3.63, 3.8) is 0 Å². The summed E-state index contributed by atoms with van der Waals surface area (Å²) >= 11 is 0. The van der Waals surface area contributed by atoms with Crippen molar-refractivity contribution in [3.8, 4) is 17.6 Å². The first-order valence-corrected chi connectivity index (χ1v) is 6.17. The third-order valence-electron chi connectivity index (χ3n) is 3.12. The van der Waals surface area contributed by atoms with Gasteiger partial charge in [0.25, 0.3) is 5.91 Å². The van der Waals surface area contributed by atoms with Gasteiger partial charge in [-0.1, -0.05) is 12.1 Å². The van der Waals surface area contributed by atoms with Gasteiger partial charge in [0.05, 0.1) is 14.2 Å². The van der Waals surface area contributed by atoms with Gasteiger partial charge in [-0.3, -0.25) is 4.79 Å². The average Bonchev–Trinajstić information content (AvgIpc) is 2.51. The van der Waals surface area contributed by atoms with E-state index in [4.69, 9.17) is 20.5 Å². The van der Waals surface area contributed by atoms with E-state index in [1.165, 1.54) is 13.2 Å². The van der Waals surface area contributed by atoms with E-state index in [0.717, 1.165) is 10.8 Å². The smallest absolute Gasteiger partial charge is 0.259 e. The summed E-state index contributed by atoms with van der Waals surface area (Å²) in [6, 6.07) is 11.0. The van der Waals surface area contributed by atoms with Crippen molar-refractivity contribution < 1.29 is 14.3 Å². The Morgan fingerprint density at radius 2 is 1.95 bits per heavy atom. The molecule has 0 aromatic heterocycles. The summed E-state index contributed by atoms with van der Waals surface area (Å²) in [7, 11) is 3.09. The molecule has 2 aromatic carbocycles. The van der Waals surface area contributed by atoms with Crippen LogP contribution in [0.3, 0.4) is 0 Å². The third kappa shape index (κ3) is 2.79. The second kappa shape index (κ2) is 5.97. The first-order chi connectivity index (χ1) is 10.1. The predicted octanol–water partition coefficient (Wildman–Crippen LogP) is 2.25. The van der Waals surface area contributed by atoms with Gasteiger partial charge in [0.15, 0.2) is 0 Å². The van der Waals surface area contributed by atoms with Crippen LogP contribution in [-0.4, -0.2) is 20.1 Å². The van der Waals surface area contributed by atoms with Gasteiger partial charge >= 0.3 is 0 Å². The molecule has 0 spiro atoms. The lowest BCUT2D eigenvalue weighted by Gasteiger charge is -2.10. The molecule has 2 N–H and O–H groups in total. The van der Waals surface area contributed by atoms with E-state index >= 15 is 0 Å². The molecule has 0 aliphatic carbocycles. The van der Waals surface area contributed by atoms with Crippen molar-refractivity contribution in [2.24, 2.45) is 5.73 Å². The zero-order chi connectivity index (χ0) is 15.4. The van der Waals surface area contributed by atoms with Gasteiger partial charge in [-0.2, -0.15) is 5.26 Å². The number of rotatable bonds is 4. The Labute approximate surface area is 122 Å². The quantitative estimate of drug-likeness (QED) is 0.688. The lowest BCUT2D eigenvalue weighted by atomic mass is 10.0. The summed E-state index contributed by atoms with van der Waals surface area (Å²) < 4.78 is 10.5. The summed E-state index contributed by atoms with van der Waals surface area (Å²) in [6.45, 7) is 0. The number of benzene rings is 2. The van der Waals surface area contributed by atoms with Crippen molar-refractivity contribution in [1.82, 2.24) is 0 Å². The van der Waals surface area contributed by atoms with E-state index in [-0.39, 0.29) is 5.57 Å². The molecule has 106 valence electrons. The summed E-state index contributed by atoms with van der Waals surface area (Å²) in [5.41, 5.74) is 5.67. The number of nitrogens with two attached hydrogens (primary N) is 1. The van der Waals surface area contributed by atoms with Crippen molar-refractivity contribution in [2.75, 3.05) is 14.2 Å². The van der Waals surface area contributed by atoms with Crippen molar-refractivity contribution >= 4 is 22.8 Å². The van der Waals surface area contributed by atoms with Crippen molar-refractivity contribution in [2.45, 2.75) is 0 Å². The Morgan fingerprint density at radius 3 is 2.52 bits per heavy atom. The summed E-state index contributed by atoms with van der Waals surface area (Å²) in [4.78, 5) is 11.3. The average molecular weight is 282 g/mol. The fraction of sp³-hybridized carbons (Fsp3) is 0.125. The molecule has 2 rings (SSSR count). The number of hydrogen-bond acceptors (Lipinski definition) is 4. The largest absolute Gasteiger partial charge is 0.497 e. The number of fused-ring (bicyclic) bond motifs is 1. The molecular weight excluding hydrogens is 268 g/mol. The maximum Gasteiger partial charge on any atom is 0.259 e. The molecule has 0 fully saturated rings. The van der Waals surface area contributed by atoms with Crippen LogP contribution < -0.4 is 15.2 Å². The second-order valence-electron chi connectivity index (χ2n) is 4.30. The number of amides is 1. The Kier molecular flexibility index (Phi) is 4.10. The molecule has 0 unspecified atom stereocenters. The maximum absolute atomic E-state index is 11.3. The molecule has 2 aromatic rings. The Bertz CT molecular complexity index is 768. The predicted molar refractivity (Wildman–Crippen MR) is 79.8 cm³/mol. The first-order valence-electron chi connectivity index (χ1n) is 6.17. The van der Waals surface area contributed by atoms with Gasteiger partial charge < -0.3 is 15.2 Å². The maximum atomic E-state index is 11.3. The summed E-state index contributed by atoms with van der Waals surface area (Å²) in [5, 5.41) is 10.8. The number of hydrogen-bond donors (Lipinski definition) is 1. The SMILES string of the molecule is COc1ccc2ccc(OC)c(C=C(C#N)C(N)=O)c2c1. The molecule has 0 atom stereocenters. The zero-order valence-corrected chi connectivity index (χ0v) is 11.7. The topological polar surface area (TPSA) is 85.3 Å². The van der Waals surface area contributed by atoms with Crippen molar-refractivity contribution in [1.29, 1.82) is 5.26 Å². The number of carbonyl (C=O) groups is 1. The van der Waals surface area contributed by atoms with E-state index < -0.39 is 5.91 Å². The minimum absolute atomic E-state index is 0.136. The van der Waals surface area contributed by atoms with Gasteiger partial charge in [-0.25, -0.2) is 0 Å². The number of methoxy groups -OCH3 is 2. The van der Waals surface area contributed by atoms with Gasteiger partial charge in [0, 0.05) is 5.56 Å². The third-order valence-corrected chi connectivity index (χ3v) is 3.12. The van der Waals surface area contributed by atoms with Crippen LogP contribution in [0.15, 0.2) is 35.9 Å². The zero-order valence-electron chi connectivity index (χ0n) is 11.7. The molecule has 0 saturated heterocycles. The van der Waals surface area contributed by atoms with Crippen LogP contribution in [0.2, 0.25) is 0 Å². The lowest BCUT2D eigenvalue weighted by molar-refractivity contribution is -0.114. The van der Waals surface area contributed by atoms with E-state index in [1.807, 2.05) is 24.3 Å². The van der Waals surface area contributed by atoms with Crippen molar-refractivity contribution in [3.05, 3.63) is 41.5 Å². The fourth-order valence-corrected chi connectivity index (χ4v) is 2.06. The summed E-state index contributed by atoms with van der Waals surface area (Å²) in [6.07, 6.45) is 1.43. The van der Waals surface area contributed by atoms with E-state index in [2.05, 4.69) is 0 Å². The van der Waals surface area contributed by atoms with Crippen LogP contribution in [0, 0.1) is 11.3 Å². The van der Waals surface area contributed by atoms with Gasteiger partial charge in [-0.15, -0.1) is 0 Å². The van der Waals surface area contributed by atoms with Crippen LogP contribution in [-0.2, 0) is 4.79 Å². The molecule has 0 bridgehead atoms. The molecule has 0 heterocycles. The Morgan fingerprint density at radius 1 is 1.24 bits per heavy atom. The molecule has 0 saturated carbocycles. The normalized spacial score (nSPS) is 11.0. The van der Waals surface area contributed by atoms with E-state index in [1.54, 1.807) is 19.2 Å². The minimum Gasteiger partial charge on any atom is -0.497 e. The highest BCUT2D eigenvalue weighted by atomic mass is 16.5. The van der Waals surface area contributed by atoms with Gasteiger partial charge in [0.1, 0.15) is 23.1 Å². The number of carbonyl (C=O) groups excluding carboxylic acids is 1. The van der Waals surface area contributed by atoms with E-state index in [9.17, 15) is 4.79 Å². The first kappa shape index (κ1) is 14.4. The number of nitriles is 1. The summed E-state index contributed by atoms with van der Waals surface area (Å²) in [5.74, 6) is 0.437. The molecule has 0 aliphatic heterocycles. The second-order valence-corrected chi connectivity index (χ2v) is 4.30. The van der Waals surface area contributed by atoms with E-state index in [0.29, 0.717) is 17.1 Å². The Hall–Kier alpha value is -3.00. The van der Waals surface area contributed by atoms with Crippen LogP contribution in [0.1, 0.15) is 5.56 Å².